The van der Waals surface area contributed by atoms with Gasteiger partial charge in [-0.25, -0.2) is 9.29 Å². The standard InChI is InChI=1S/C13H9ClF4N4O/c14-6-3-7(15)9(4-8(6)19)22-11(23)5-10(13(16,17)18)21-2-1-20-12(21)22/h3-5H,1-2,19H2. The smallest absolute Gasteiger partial charge is 0.397 e. The molecule has 1 aromatic carbocycles. The Morgan fingerprint density at radius 3 is 2.65 bits per heavy atom. The number of alkyl halides is 3. The van der Waals surface area contributed by atoms with E-state index in [1.807, 2.05) is 0 Å². The molecule has 0 saturated carbocycles. The van der Waals surface area contributed by atoms with Gasteiger partial charge in [-0.15, -0.1) is 0 Å². The number of carbonyl (C=O) groups excluding carboxylic acids is 1. The van der Waals surface area contributed by atoms with Gasteiger partial charge in [0.25, 0.3) is 5.91 Å². The summed E-state index contributed by atoms with van der Waals surface area (Å²) in [6.45, 7) is -0.00757. The highest BCUT2D eigenvalue weighted by Crippen LogP contribution is 2.37. The van der Waals surface area contributed by atoms with Crippen molar-refractivity contribution < 1.29 is 22.4 Å². The van der Waals surface area contributed by atoms with Gasteiger partial charge >= 0.3 is 6.18 Å². The maximum atomic E-state index is 14.1. The Labute approximate surface area is 132 Å². The Morgan fingerprint density at radius 1 is 1.30 bits per heavy atom. The number of aliphatic imine (C=N–C) groups is 1. The molecule has 0 radical (unpaired) electrons. The normalized spacial score (nSPS) is 18.0. The van der Waals surface area contributed by atoms with Gasteiger partial charge in [0, 0.05) is 12.6 Å². The minimum absolute atomic E-state index is 0.00777. The maximum absolute atomic E-state index is 14.1. The largest absolute Gasteiger partial charge is 0.431 e. The fourth-order valence-corrected chi connectivity index (χ4v) is 2.55. The number of fused-ring (bicyclic) bond motifs is 1. The van der Waals surface area contributed by atoms with Crippen molar-refractivity contribution in [3.05, 3.63) is 34.7 Å². The summed E-state index contributed by atoms with van der Waals surface area (Å²) in [7, 11) is 0. The average Bonchev–Trinajstić information content (AvgIpc) is 2.90. The molecular weight excluding hydrogens is 340 g/mol. The maximum Gasteiger partial charge on any atom is 0.431 e. The molecule has 10 heteroatoms. The van der Waals surface area contributed by atoms with Gasteiger partial charge in [-0.2, -0.15) is 13.2 Å². The van der Waals surface area contributed by atoms with Crippen molar-refractivity contribution in [2.45, 2.75) is 6.18 Å². The molecule has 1 amide bonds. The molecule has 5 nitrogen and oxygen atoms in total. The van der Waals surface area contributed by atoms with Crippen LogP contribution in [0, 0.1) is 5.82 Å². The summed E-state index contributed by atoms with van der Waals surface area (Å²) >= 11 is 5.69. The molecule has 1 aromatic rings. The third-order valence-electron chi connectivity index (χ3n) is 3.39. The highest BCUT2D eigenvalue weighted by atomic mass is 35.5. The highest BCUT2D eigenvalue weighted by molar-refractivity contribution is 6.33. The summed E-state index contributed by atoms with van der Waals surface area (Å²) < 4.78 is 53.2. The molecule has 0 saturated heterocycles. The first kappa shape index (κ1) is 15.6. The topological polar surface area (TPSA) is 61.9 Å². The second-order valence-corrected chi connectivity index (χ2v) is 5.27. The molecule has 0 unspecified atom stereocenters. The fourth-order valence-electron chi connectivity index (χ4n) is 2.40. The van der Waals surface area contributed by atoms with Gasteiger partial charge in [-0.05, 0) is 12.1 Å². The monoisotopic (exact) mass is 348 g/mol. The predicted molar refractivity (Wildman–Crippen MR) is 76.5 cm³/mol. The first-order valence-corrected chi connectivity index (χ1v) is 6.77. The Bertz CT molecular complexity index is 759. The number of nitrogen functional groups attached to an aromatic ring is 1. The van der Waals surface area contributed by atoms with Gasteiger partial charge in [0.2, 0.25) is 5.96 Å². The summed E-state index contributed by atoms with van der Waals surface area (Å²) in [5.74, 6) is -2.24. The predicted octanol–water partition coefficient (Wildman–Crippen LogP) is 2.53. The molecule has 2 aliphatic rings. The number of anilines is 2. The number of rotatable bonds is 1. The van der Waals surface area contributed by atoms with Crippen LogP contribution >= 0.6 is 11.6 Å². The number of hydrogen-bond donors (Lipinski definition) is 1. The molecule has 0 aromatic heterocycles. The van der Waals surface area contributed by atoms with Crippen LogP contribution in [0.2, 0.25) is 5.02 Å². The average molecular weight is 349 g/mol. The van der Waals surface area contributed by atoms with Gasteiger partial charge < -0.3 is 10.6 Å². The molecule has 23 heavy (non-hydrogen) atoms. The third-order valence-corrected chi connectivity index (χ3v) is 3.71. The van der Waals surface area contributed by atoms with Crippen molar-refractivity contribution in [3.8, 4) is 0 Å². The van der Waals surface area contributed by atoms with Gasteiger partial charge in [-0.3, -0.25) is 9.79 Å². The van der Waals surface area contributed by atoms with E-state index in [9.17, 15) is 22.4 Å². The van der Waals surface area contributed by atoms with Crippen LogP contribution in [-0.4, -0.2) is 36.0 Å². The number of nitrogens with zero attached hydrogens (tertiary/aromatic N) is 3. The van der Waals surface area contributed by atoms with Crippen LogP contribution < -0.4 is 10.6 Å². The number of benzene rings is 1. The van der Waals surface area contributed by atoms with Crippen molar-refractivity contribution in [1.29, 1.82) is 0 Å². The number of halogens is 5. The molecular formula is C13H9ClF4N4O. The van der Waals surface area contributed by atoms with Crippen LogP contribution in [0.1, 0.15) is 0 Å². The number of guanidine groups is 1. The van der Waals surface area contributed by atoms with Crippen LogP contribution in [0.15, 0.2) is 28.9 Å². The third kappa shape index (κ3) is 2.50. The van der Waals surface area contributed by atoms with E-state index in [2.05, 4.69) is 4.99 Å². The lowest BCUT2D eigenvalue weighted by Gasteiger charge is -2.35. The Balaban J connectivity index is 2.14. The molecule has 0 atom stereocenters. The first-order valence-electron chi connectivity index (χ1n) is 6.39. The van der Waals surface area contributed by atoms with Crippen LogP contribution in [-0.2, 0) is 4.79 Å². The lowest BCUT2D eigenvalue weighted by Crippen LogP contribution is -2.51. The fraction of sp³-hybridized carbons (Fsp3) is 0.231. The minimum atomic E-state index is -4.72. The molecule has 0 fully saturated rings. The van der Waals surface area contributed by atoms with Crippen LogP contribution in [0.3, 0.4) is 0 Å². The lowest BCUT2D eigenvalue weighted by atomic mass is 10.2. The van der Waals surface area contributed by atoms with Crippen LogP contribution in [0.25, 0.3) is 0 Å². The Hall–Kier alpha value is -2.29. The van der Waals surface area contributed by atoms with Gasteiger partial charge in [0.1, 0.15) is 11.5 Å². The first-order chi connectivity index (χ1) is 10.7. The van der Waals surface area contributed by atoms with Crippen molar-refractivity contribution in [2.24, 2.45) is 4.99 Å². The SMILES string of the molecule is Nc1cc(N2C(=O)C=C(C(F)(F)F)N3CCN=C32)c(F)cc1Cl. The lowest BCUT2D eigenvalue weighted by molar-refractivity contribution is -0.119. The number of allylic oxidation sites excluding steroid dienone is 1. The van der Waals surface area contributed by atoms with Gasteiger partial charge in [-0.1, -0.05) is 11.6 Å². The molecule has 3 rings (SSSR count). The van der Waals surface area contributed by atoms with Gasteiger partial charge in [0.05, 0.1) is 22.9 Å². The highest BCUT2D eigenvalue weighted by Gasteiger charge is 2.46. The Morgan fingerprint density at radius 2 is 2.00 bits per heavy atom. The van der Waals surface area contributed by atoms with Crippen molar-refractivity contribution in [1.82, 2.24) is 4.90 Å². The van der Waals surface area contributed by atoms with Crippen molar-refractivity contribution in [2.75, 3.05) is 23.7 Å². The molecule has 2 aliphatic heterocycles. The van der Waals surface area contributed by atoms with E-state index in [0.717, 1.165) is 21.9 Å². The minimum Gasteiger partial charge on any atom is -0.397 e. The summed E-state index contributed by atoms with van der Waals surface area (Å²) in [5.41, 5.74) is 4.15. The molecule has 0 aliphatic carbocycles. The van der Waals surface area contributed by atoms with E-state index < -0.39 is 23.6 Å². The van der Waals surface area contributed by atoms with E-state index in [4.69, 9.17) is 17.3 Å². The number of amides is 1. The van der Waals surface area contributed by atoms with E-state index in [1.165, 1.54) is 0 Å². The second-order valence-electron chi connectivity index (χ2n) is 4.86. The van der Waals surface area contributed by atoms with Crippen molar-refractivity contribution >= 4 is 34.8 Å². The quantitative estimate of drug-likeness (QED) is 0.626. The summed E-state index contributed by atoms with van der Waals surface area (Å²) in [6.07, 6.45) is -4.31. The molecule has 122 valence electrons. The molecule has 2 N–H and O–H groups in total. The number of nitrogens with two attached hydrogens (primary N) is 1. The number of hydrogen-bond acceptors (Lipinski definition) is 4. The zero-order valence-electron chi connectivity index (χ0n) is 11.4. The van der Waals surface area contributed by atoms with E-state index in [-0.39, 0.29) is 35.4 Å². The summed E-state index contributed by atoms with van der Waals surface area (Å²) in [5, 5.41) is -0.0625. The number of carbonyl (C=O) groups is 1. The van der Waals surface area contributed by atoms with Crippen molar-refractivity contribution in [3.63, 3.8) is 0 Å². The molecule has 0 bridgehead atoms. The summed E-state index contributed by atoms with van der Waals surface area (Å²) in [6, 6.07) is 1.98. The summed E-state index contributed by atoms with van der Waals surface area (Å²) in [4.78, 5) is 17.6. The van der Waals surface area contributed by atoms with Crippen LogP contribution in [0.5, 0.6) is 0 Å². The Kier molecular flexibility index (Phi) is 3.47. The van der Waals surface area contributed by atoms with E-state index >= 15 is 0 Å². The second kappa shape index (κ2) is 5.12. The van der Waals surface area contributed by atoms with Gasteiger partial charge in [0.15, 0.2) is 0 Å². The van der Waals surface area contributed by atoms with Crippen LogP contribution in [0.4, 0.5) is 28.9 Å². The molecule has 0 spiro atoms. The van der Waals surface area contributed by atoms with E-state index in [1.54, 1.807) is 0 Å². The molecule has 2 heterocycles. The van der Waals surface area contributed by atoms with E-state index in [0.29, 0.717) is 6.08 Å². The zero-order valence-corrected chi connectivity index (χ0v) is 12.1. The zero-order chi connectivity index (χ0) is 16.9.